The van der Waals surface area contributed by atoms with E-state index >= 15 is 0 Å². The summed E-state index contributed by atoms with van der Waals surface area (Å²) in [5.74, 6) is -0.403. The normalized spacial score (nSPS) is 12.4. The molecule has 0 saturated carbocycles. The van der Waals surface area contributed by atoms with E-state index in [2.05, 4.69) is 20.2 Å². The van der Waals surface area contributed by atoms with Gasteiger partial charge < -0.3 is 4.98 Å². The fraction of sp³-hybridized carbons (Fsp3) is 0.130. The predicted molar refractivity (Wildman–Crippen MR) is 116 cm³/mol. The molecule has 5 aromatic rings. The minimum Gasteiger partial charge on any atom is -0.348 e. The number of benzene rings is 2. The van der Waals surface area contributed by atoms with E-state index in [1.807, 2.05) is 0 Å². The lowest BCUT2D eigenvalue weighted by molar-refractivity contribution is -0.689. The second-order valence-corrected chi connectivity index (χ2v) is 8.83. The van der Waals surface area contributed by atoms with Crippen molar-refractivity contribution in [1.82, 2.24) is 20.2 Å². The van der Waals surface area contributed by atoms with E-state index in [9.17, 15) is 30.7 Å². The Morgan fingerprint density at radius 2 is 1.67 bits per heavy atom. The van der Waals surface area contributed by atoms with Crippen LogP contribution in [0.25, 0.3) is 32.9 Å². The van der Waals surface area contributed by atoms with Gasteiger partial charge in [-0.2, -0.15) is 26.3 Å². The minimum atomic E-state index is -5.02. The summed E-state index contributed by atoms with van der Waals surface area (Å²) < 4.78 is 95.1. The molecule has 5 rings (SSSR count). The van der Waals surface area contributed by atoms with Crippen LogP contribution in [0.15, 0.2) is 61.1 Å². The lowest BCUT2D eigenvalue weighted by atomic mass is 10.0. The number of halogens is 7. The molecule has 0 radical (unpaired) electrons. The van der Waals surface area contributed by atoms with Crippen LogP contribution in [-0.2, 0) is 18.9 Å². The molecule has 0 spiro atoms. The lowest BCUT2D eigenvalue weighted by Crippen LogP contribution is -2.34. The van der Waals surface area contributed by atoms with Gasteiger partial charge in [0.05, 0.1) is 16.8 Å². The van der Waals surface area contributed by atoms with Gasteiger partial charge in [-0.05, 0) is 29.2 Å². The van der Waals surface area contributed by atoms with Gasteiger partial charge in [0.15, 0.2) is 5.01 Å². The Hall–Kier alpha value is -3.87. The van der Waals surface area contributed by atoms with Crippen LogP contribution in [0.5, 0.6) is 0 Å². The van der Waals surface area contributed by atoms with Gasteiger partial charge in [-0.1, -0.05) is 29.5 Å². The third-order valence-electron chi connectivity index (χ3n) is 5.30. The summed E-state index contributed by atoms with van der Waals surface area (Å²) in [5.41, 5.74) is -1.29. The van der Waals surface area contributed by atoms with E-state index < -0.39 is 34.9 Å². The summed E-state index contributed by atoms with van der Waals surface area (Å²) in [6.07, 6.45) is -6.79. The van der Waals surface area contributed by atoms with E-state index in [1.165, 1.54) is 12.4 Å². The van der Waals surface area contributed by atoms with Crippen LogP contribution in [0.3, 0.4) is 0 Å². The number of nitrogens with one attached hydrogen (secondary N) is 1. The molecule has 0 saturated heterocycles. The molecule has 0 aliphatic rings. The van der Waals surface area contributed by atoms with Crippen LogP contribution in [0.2, 0.25) is 0 Å². The monoisotopic (exact) mass is 524 g/mol. The van der Waals surface area contributed by atoms with Crippen molar-refractivity contribution in [3.63, 3.8) is 0 Å². The first-order valence-electron chi connectivity index (χ1n) is 10.2. The van der Waals surface area contributed by atoms with E-state index in [0.29, 0.717) is 33.4 Å². The number of aromatic nitrogens is 5. The molecule has 5 nitrogen and oxygen atoms in total. The molecule has 3 aromatic heterocycles. The highest BCUT2D eigenvalue weighted by Gasteiger charge is 2.39. The molecule has 13 heteroatoms. The molecule has 36 heavy (non-hydrogen) atoms. The third-order valence-corrected chi connectivity index (χ3v) is 6.24. The SMILES string of the molecule is Fc1ccccc1-c1cc2nc[n+](Cc3nnc(-c4ccc(C(F)(F)F)cc4C(F)(F)F)s3)cc2[nH]1. The van der Waals surface area contributed by atoms with Crippen LogP contribution in [0.4, 0.5) is 30.7 Å². The van der Waals surface area contributed by atoms with Crippen molar-refractivity contribution in [1.29, 1.82) is 0 Å². The zero-order chi connectivity index (χ0) is 25.7. The van der Waals surface area contributed by atoms with Crippen molar-refractivity contribution in [2.75, 3.05) is 0 Å². The van der Waals surface area contributed by atoms with Crippen LogP contribution < -0.4 is 4.57 Å². The van der Waals surface area contributed by atoms with Gasteiger partial charge in [0.25, 0.3) is 6.33 Å². The third kappa shape index (κ3) is 4.65. The Balaban J connectivity index is 1.44. The Bertz CT molecular complexity index is 1570. The molecule has 0 unspecified atom stereocenters. The van der Waals surface area contributed by atoms with Gasteiger partial charge in [-0.3, -0.25) is 0 Å². The average Bonchev–Trinajstić information content (AvgIpc) is 3.44. The smallest absolute Gasteiger partial charge is 0.348 e. The van der Waals surface area contributed by atoms with E-state index in [4.69, 9.17) is 0 Å². The van der Waals surface area contributed by atoms with E-state index in [1.54, 1.807) is 35.0 Å². The lowest BCUT2D eigenvalue weighted by Gasteiger charge is -2.14. The molecule has 0 bridgehead atoms. The summed E-state index contributed by atoms with van der Waals surface area (Å²) in [4.78, 5) is 7.39. The fourth-order valence-corrected chi connectivity index (χ4v) is 4.52. The number of alkyl halides is 6. The Morgan fingerprint density at radius 3 is 2.39 bits per heavy atom. The maximum atomic E-state index is 14.1. The van der Waals surface area contributed by atoms with Gasteiger partial charge in [-0.25, -0.2) is 8.96 Å². The van der Waals surface area contributed by atoms with Gasteiger partial charge in [-0.15, -0.1) is 10.2 Å². The topological polar surface area (TPSA) is 58.3 Å². The standard InChI is InChI=1S/C23H12F7N5S/c24-16-4-2-1-3-14(16)17-8-18-19(32-17)9-35(11-31-18)10-20-33-34-21(36-20)13-6-5-12(22(25,26)27)7-15(13)23(28,29)30/h1-9,11H,10H2/p+1. The largest absolute Gasteiger partial charge is 0.417 e. The minimum absolute atomic E-state index is 0.0708. The molecule has 0 atom stereocenters. The highest BCUT2D eigenvalue weighted by Crippen LogP contribution is 2.41. The second kappa shape index (κ2) is 8.66. The average molecular weight is 524 g/mol. The van der Waals surface area contributed by atoms with Gasteiger partial charge in [0.2, 0.25) is 5.52 Å². The summed E-state index contributed by atoms with van der Waals surface area (Å²) in [7, 11) is 0. The molecular weight excluding hydrogens is 511 g/mol. The first kappa shape index (κ1) is 23.9. The Kier molecular flexibility index (Phi) is 5.74. The maximum Gasteiger partial charge on any atom is 0.417 e. The zero-order valence-electron chi connectivity index (χ0n) is 17.8. The molecule has 3 heterocycles. The first-order chi connectivity index (χ1) is 17.0. The summed E-state index contributed by atoms with van der Waals surface area (Å²) in [6, 6.07) is 9.32. The Labute approximate surface area is 201 Å². The molecule has 0 aliphatic heterocycles. The van der Waals surface area contributed by atoms with Crippen LogP contribution in [0.1, 0.15) is 16.1 Å². The molecule has 2 aromatic carbocycles. The number of hydrogen-bond donors (Lipinski definition) is 1. The second-order valence-electron chi connectivity index (χ2n) is 7.76. The Morgan fingerprint density at radius 1 is 0.889 bits per heavy atom. The van der Waals surface area contributed by atoms with Crippen molar-refractivity contribution in [3.8, 4) is 21.8 Å². The quantitative estimate of drug-likeness (QED) is 0.223. The molecule has 0 amide bonds. The van der Waals surface area contributed by atoms with E-state index in [0.717, 1.165) is 17.4 Å². The van der Waals surface area contributed by atoms with Crippen molar-refractivity contribution in [2.24, 2.45) is 0 Å². The van der Waals surface area contributed by atoms with Gasteiger partial charge in [0, 0.05) is 17.2 Å². The van der Waals surface area contributed by atoms with E-state index in [-0.39, 0.29) is 17.6 Å². The predicted octanol–water partition coefficient (Wildman–Crippen LogP) is 6.26. The fourth-order valence-electron chi connectivity index (χ4n) is 3.64. The molecule has 0 aliphatic carbocycles. The van der Waals surface area contributed by atoms with Gasteiger partial charge in [0.1, 0.15) is 29.1 Å². The molecular formula is C23H13F7N5S+. The number of H-pyrrole nitrogens is 1. The van der Waals surface area contributed by atoms with Gasteiger partial charge >= 0.3 is 12.4 Å². The number of hydrogen-bond acceptors (Lipinski definition) is 4. The number of nitrogens with zero attached hydrogens (tertiary/aromatic N) is 4. The highest BCUT2D eigenvalue weighted by molar-refractivity contribution is 7.14. The first-order valence-corrected chi connectivity index (χ1v) is 11.0. The number of fused-ring (bicyclic) bond motifs is 1. The molecule has 1 N–H and O–H groups in total. The summed E-state index contributed by atoms with van der Waals surface area (Å²) in [5, 5.41) is 7.81. The molecule has 0 fully saturated rings. The number of aromatic amines is 1. The maximum absolute atomic E-state index is 14.1. The van der Waals surface area contributed by atoms with Crippen molar-refractivity contribution < 1.29 is 35.3 Å². The zero-order valence-corrected chi connectivity index (χ0v) is 18.6. The van der Waals surface area contributed by atoms with Crippen molar-refractivity contribution in [2.45, 2.75) is 18.9 Å². The van der Waals surface area contributed by atoms with Crippen LogP contribution >= 0.6 is 11.3 Å². The van der Waals surface area contributed by atoms with Crippen molar-refractivity contribution in [3.05, 3.63) is 83.0 Å². The van der Waals surface area contributed by atoms with Crippen LogP contribution in [0, 0.1) is 5.82 Å². The van der Waals surface area contributed by atoms with Crippen LogP contribution in [-0.4, -0.2) is 20.2 Å². The molecule has 184 valence electrons. The van der Waals surface area contributed by atoms with Crippen molar-refractivity contribution >= 4 is 22.4 Å². The summed E-state index contributed by atoms with van der Waals surface area (Å²) >= 11 is 0.822. The number of rotatable bonds is 4. The highest BCUT2D eigenvalue weighted by atomic mass is 32.1. The summed E-state index contributed by atoms with van der Waals surface area (Å²) in [6.45, 7) is 0.0939.